The third-order valence-electron chi connectivity index (χ3n) is 5.44. The largest absolute Gasteiger partial charge is 0.493 e. The lowest BCUT2D eigenvalue weighted by molar-refractivity contribution is 0.0949. The lowest BCUT2D eigenvalue weighted by atomic mass is 10.1. The van der Waals surface area contributed by atoms with Gasteiger partial charge in [0, 0.05) is 18.9 Å². The maximum absolute atomic E-state index is 12.4. The molecule has 0 aliphatic rings. The van der Waals surface area contributed by atoms with E-state index in [4.69, 9.17) is 9.72 Å². The predicted octanol–water partition coefficient (Wildman–Crippen LogP) is 4.84. The number of imidazole rings is 1. The average Bonchev–Trinajstić information content (AvgIpc) is 3.17. The number of pyridine rings is 1. The van der Waals surface area contributed by atoms with Crippen LogP contribution in [0.25, 0.3) is 11.0 Å². The maximum Gasteiger partial charge on any atom is 0.253 e. The van der Waals surface area contributed by atoms with E-state index in [0.29, 0.717) is 18.7 Å². The van der Waals surface area contributed by atoms with Crippen LogP contribution in [0, 0.1) is 13.8 Å². The van der Waals surface area contributed by atoms with Gasteiger partial charge in [-0.1, -0.05) is 24.3 Å². The molecule has 0 saturated carbocycles. The normalized spacial score (nSPS) is 10.9. The number of aromatic nitrogens is 3. The molecule has 6 heteroatoms. The van der Waals surface area contributed by atoms with Crippen molar-refractivity contribution >= 4 is 16.9 Å². The molecular weight excluding hydrogens is 400 g/mol. The molecule has 0 aliphatic carbocycles. The monoisotopic (exact) mass is 428 g/mol. The number of fused-ring (bicyclic) bond motifs is 1. The quantitative estimate of drug-likeness (QED) is 0.388. The molecule has 0 atom stereocenters. The number of hydrogen-bond donors (Lipinski definition) is 1. The number of nitrogens with one attached hydrogen (secondary N) is 1. The number of nitrogens with zero attached hydrogens (tertiary/aromatic N) is 3. The second kappa shape index (κ2) is 10.1. The average molecular weight is 429 g/mol. The number of rotatable bonds is 9. The first-order chi connectivity index (χ1) is 15.6. The van der Waals surface area contributed by atoms with Crippen molar-refractivity contribution in [2.45, 2.75) is 39.8 Å². The molecule has 6 nitrogen and oxygen atoms in total. The number of carbonyl (C=O) groups is 1. The van der Waals surface area contributed by atoms with Crippen LogP contribution in [-0.4, -0.2) is 27.0 Å². The van der Waals surface area contributed by atoms with Crippen LogP contribution in [0.5, 0.6) is 5.75 Å². The lowest BCUT2D eigenvalue weighted by Gasteiger charge is -2.12. The molecule has 4 rings (SSSR count). The van der Waals surface area contributed by atoms with Crippen molar-refractivity contribution in [2.75, 3.05) is 6.61 Å². The Morgan fingerprint density at radius 1 is 1.06 bits per heavy atom. The van der Waals surface area contributed by atoms with Crippen molar-refractivity contribution in [3.05, 3.63) is 89.5 Å². The van der Waals surface area contributed by atoms with Gasteiger partial charge in [-0.2, -0.15) is 0 Å². The second-order valence-electron chi connectivity index (χ2n) is 7.92. The van der Waals surface area contributed by atoms with Crippen LogP contribution in [-0.2, 0) is 13.1 Å². The molecule has 0 spiro atoms. The summed E-state index contributed by atoms with van der Waals surface area (Å²) < 4.78 is 8.19. The predicted molar refractivity (Wildman–Crippen MR) is 126 cm³/mol. The van der Waals surface area contributed by atoms with Gasteiger partial charge in [0.05, 0.1) is 29.7 Å². The molecule has 0 fully saturated rings. The van der Waals surface area contributed by atoms with E-state index in [9.17, 15) is 4.79 Å². The summed E-state index contributed by atoms with van der Waals surface area (Å²) in [6.07, 6.45) is 5.10. The maximum atomic E-state index is 12.4. The van der Waals surface area contributed by atoms with Crippen molar-refractivity contribution < 1.29 is 9.53 Å². The molecule has 4 aromatic rings. The molecule has 2 aromatic carbocycles. The first-order valence-corrected chi connectivity index (χ1v) is 10.9. The fraction of sp³-hybridized carbons (Fsp3) is 0.269. The highest BCUT2D eigenvalue weighted by molar-refractivity contribution is 5.93. The molecule has 0 aliphatic heterocycles. The number of unbranched alkanes of at least 4 members (excludes halogenated alkanes) is 1. The number of aryl methyl sites for hydroxylation is 3. The van der Waals surface area contributed by atoms with Crippen molar-refractivity contribution in [2.24, 2.45) is 0 Å². The van der Waals surface area contributed by atoms with E-state index in [1.165, 1.54) is 5.56 Å². The fourth-order valence-corrected chi connectivity index (χ4v) is 3.69. The zero-order valence-electron chi connectivity index (χ0n) is 18.5. The van der Waals surface area contributed by atoms with Gasteiger partial charge in [0.1, 0.15) is 11.6 Å². The van der Waals surface area contributed by atoms with Gasteiger partial charge in [-0.3, -0.25) is 9.78 Å². The van der Waals surface area contributed by atoms with E-state index in [1.807, 2.05) is 18.2 Å². The first-order valence-electron chi connectivity index (χ1n) is 10.9. The molecular formula is C26H28N4O2. The van der Waals surface area contributed by atoms with E-state index in [-0.39, 0.29) is 5.91 Å². The smallest absolute Gasteiger partial charge is 0.253 e. The third kappa shape index (κ3) is 5.14. The SMILES string of the molecule is Cc1ccc(C)c(OCCCCn2c(CNC(=O)c3cccnc3)nc3ccccc32)c1. The van der Waals surface area contributed by atoms with Gasteiger partial charge >= 0.3 is 0 Å². The zero-order chi connectivity index (χ0) is 22.3. The van der Waals surface area contributed by atoms with Crippen LogP contribution >= 0.6 is 0 Å². The van der Waals surface area contributed by atoms with Crippen LogP contribution in [0.3, 0.4) is 0 Å². The minimum atomic E-state index is -0.154. The topological polar surface area (TPSA) is 69.0 Å². The summed E-state index contributed by atoms with van der Waals surface area (Å²) in [6.45, 7) is 5.99. The number of hydrogen-bond acceptors (Lipinski definition) is 4. The summed E-state index contributed by atoms with van der Waals surface area (Å²) in [5.74, 6) is 1.65. The molecule has 0 unspecified atom stereocenters. The first kappa shape index (κ1) is 21.6. The van der Waals surface area contributed by atoms with Gasteiger partial charge < -0.3 is 14.6 Å². The van der Waals surface area contributed by atoms with Gasteiger partial charge in [-0.25, -0.2) is 4.98 Å². The van der Waals surface area contributed by atoms with E-state index in [2.05, 4.69) is 53.0 Å². The lowest BCUT2D eigenvalue weighted by Crippen LogP contribution is -2.25. The standard InChI is InChI=1S/C26H28N4O2/c1-19-11-12-20(2)24(16-19)32-15-6-5-14-30-23-10-4-3-9-22(23)29-25(30)18-28-26(31)21-8-7-13-27-17-21/h3-4,7-13,16-17H,5-6,14-15,18H2,1-2H3,(H,28,31). The minimum absolute atomic E-state index is 0.154. The zero-order valence-corrected chi connectivity index (χ0v) is 18.5. The van der Waals surface area contributed by atoms with Crippen LogP contribution in [0.1, 0.15) is 40.2 Å². The summed E-state index contributed by atoms with van der Waals surface area (Å²) >= 11 is 0. The second-order valence-corrected chi connectivity index (χ2v) is 7.92. The molecule has 1 N–H and O–H groups in total. The summed E-state index contributed by atoms with van der Waals surface area (Å²) in [5, 5.41) is 2.96. The molecule has 2 heterocycles. The fourth-order valence-electron chi connectivity index (χ4n) is 3.69. The highest BCUT2D eigenvalue weighted by Crippen LogP contribution is 2.20. The number of amides is 1. The summed E-state index contributed by atoms with van der Waals surface area (Å²) in [7, 11) is 0. The van der Waals surface area contributed by atoms with E-state index in [0.717, 1.165) is 47.6 Å². The Labute approximate surface area is 188 Å². The molecule has 0 radical (unpaired) electrons. The van der Waals surface area contributed by atoms with Gasteiger partial charge in [-0.05, 0) is 68.1 Å². The number of benzene rings is 2. The molecule has 2 aromatic heterocycles. The summed E-state index contributed by atoms with van der Waals surface area (Å²) in [5.41, 5.74) is 4.91. The Bertz CT molecular complexity index is 1200. The third-order valence-corrected chi connectivity index (χ3v) is 5.44. The number of para-hydroxylation sites is 2. The van der Waals surface area contributed by atoms with Crippen molar-refractivity contribution in [3.63, 3.8) is 0 Å². The van der Waals surface area contributed by atoms with Gasteiger partial charge in [0.15, 0.2) is 0 Å². The number of ether oxygens (including phenoxy) is 1. The molecule has 164 valence electrons. The Balaban J connectivity index is 1.38. The minimum Gasteiger partial charge on any atom is -0.493 e. The molecule has 0 saturated heterocycles. The van der Waals surface area contributed by atoms with Gasteiger partial charge in [0.2, 0.25) is 0 Å². The van der Waals surface area contributed by atoms with Crippen molar-refractivity contribution in [3.8, 4) is 5.75 Å². The number of carbonyl (C=O) groups excluding carboxylic acids is 1. The Hall–Kier alpha value is -3.67. The summed E-state index contributed by atoms with van der Waals surface area (Å²) in [4.78, 5) is 21.2. The molecule has 32 heavy (non-hydrogen) atoms. The Morgan fingerprint density at radius 2 is 1.94 bits per heavy atom. The van der Waals surface area contributed by atoms with Crippen LogP contribution < -0.4 is 10.1 Å². The van der Waals surface area contributed by atoms with E-state index in [1.54, 1.807) is 24.5 Å². The highest BCUT2D eigenvalue weighted by atomic mass is 16.5. The Morgan fingerprint density at radius 3 is 2.78 bits per heavy atom. The molecule has 0 bridgehead atoms. The van der Waals surface area contributed by atoms with Crippen molar-refractivity contribution in [1.82, 2.24) is 19.9 Å². The Kier molecular flexibility index (Phi) is 6.80. The molecule has 1 amide bonds. The van der Waals surface area contributed by atoms with E-state index >= 15 is 0 Å². The van der Waals surface area contributed by atoms with Crippen LogP contribution in [0.4, 0.5) is 0 Å². The summed E-state index contributed by atoms with van der Waals surface area (Å²) in [6, 6.07) is 17.9. The van der Waals surface area contributed by atoms with Gasteiger partial charge in [-0.15, -0.1) is 0 Å². The van der Waals surface area contributed by atoms with Crippen LogP contribution in [0.2, 0.25) is 0 Å². The highest BCUT2D eigenvalue weighted by Gasteiger charge is 2.12. The van der Waals surface area contributed by atoms with Crippen molar-refractivity contribution in [1.29, 1.82) is 0 Å². The van der Waals surface area contributed by atoms with Gasteiger partial charge in [0.25, 0.3) is 5.91 Å². The van der Waals surface area contributed by atoms with Crippen LogP contribution in [0.15, 0.2) is 67.0 Å². The van der Waals surface area contributed by atoms with E-state index < -0.39 is 0 Å².